The third-order valence-corrected chi connectivity index (χ3v) is 6.46. The molecule has 0 aliphatic carbocycles. The van der Waals surface area contributed by atoms with Crippen LogP contribution in [0.15, 0.2) is 70.4 Å². The van der Waals surface area contributed by atoms with E-state index < -0.39 is 0 Å². The molecule has 0 saturated carbocycles. The van der Waals surface area contributed by atoms with Gasteiger partial charge in [0.05, 0.1) is 22.9 Å². The first kappa shape index (κ1) is 25.4. The molecule has 0 fully saturated rings. The smallest absolute Gasteiger partial charge is 0.261 e. The van der Waals surface area contributed by atoms with Crippen molar-refractivity contribution in [3.8, 4) is 11.1 Å². The van der Waals surface area contributed by atoms with Crippen LogP contribution in [0.25, 0.3) is 28.1 Å². The number of nitrogens with two attached hydrogens (primary N) is 1. The normalized spacial score (nSPS) is 13.2. The van der Waals surface area contributed by atoms with E-state index in [1.54, 1.807) is 10.9 Å². The van der Waals surface area contributed by atoms with Crippen LogP contribution < -0.4 is 11.3 Å². The lowest BCUT2D eigenvalue weighted by molar-refractivity contribution is 0.351. The lowest BCUT2D eigenvalue weighted by Gasteiger charge is -2.27. The molecule has 1 aromatic heterocycles. The molecule has 0 spiro atoms. The summed E-state index contributed by atoms with van der Waals surface area (Å²) in [7, 11) is 0. The number of allylic oxidation sites excluding steroid dienone is 1. The summed E-state index contributed by atoms with van der Waals surface area (Å²) in [5, 5.41) is 0.633. The molecule has 6 nitrogen and oxygen atoms in total. The summed E-state index contributed by atoms with van der Waals surface area (Å²) in [5.41, 5.74) is 13.0. The molecule has 0 radical (unpaired) electrons. The van der Waals surface area contributed by atoms with Gasteiger partial charge in [0, 0.05) is 37.3 Å². The van der Waals surface area contributed by atoms with E-state index in [1.165, 1.54) is 0 Å². The van der Waals surface area contributed by atoms with Crippen molar-refractivity contribution in [2.45, 2.75) is 53.5 Å². The summed E-state index contributed by atoms with van der Waals surface area (Å²) in [6.45, 7) is 15.6. The molecule has 0 saturated heterocycles. The highest BCUT2D eigenvalue weighted by molar-refractivity contribution is 5.92. The predicted molar refractivity (Wildman–Crippen MR) is 151 cm³/mol. The van der Waals surface area contributed by atoms with Crippen LogP contribution in [0, 0.1) is 5.92 Å². The molecule has 0 amide bonds. The summed E-state index contributed by atoms with van der Waals surface area (Å²) in [5.74, 6) is 0.957. The minimum absolute atomic E-state index is 0.00219. The SMILES string of the molecule is C=C(C1=Cc2ccc(-c3ccc4c(=O)n(CC(C)C)cnc4c3)cc2N=C(N)C1)N(CCC)CCC. The summed E-state index contributed by atoms with van der Waals surface area (Å²) < 4.78 is 1.69. The average molecular weight is 484 g/mol. The van der Waals surface area contributed by atoms with Gasteiger partial charge in [0.1, 0.15) is 5.84 Å². The molecule has 2 aromatic carbocycles. The van der Waals surface area contributed by atoms with Gasteiger partial charge in [-0.05, 0) is 59.7 Å². The van der Waals surface area contributed by atoms with Crippen molar-refractivity contribution in [3.05, 3.63) is 76.5 Å². The zero-order chi connectivity index (χ0) is 25.8. The summed E-state index contributed by atoms with van der Waals surface area (Å²) >= 11 is 0. The fourth-order valence-electron chi connectivity index (χ4n) is 4.74. The van der Waals surface area contributed by atoms with E-state index in [4.69, 9.17) is 10.7 Å². The zero-order valence-corrected chi connectivity index (χ0v) is 21.9. The minimum atomic E-state index is -0.00219. The van der Waals surface area contributed by atoms with Gasteiger partial charge in [-0.25, -0.2) is 9.98 Å². The van der Waals surface area contributed by atoms with Gasteiger partial charge in [-0.3, -0.25) is 9.36 Å². The van der Waals surface area contributed by atoms with Crippen molar-refractivity contribution in [1.29, 1.82) is 0 Å². The zero-order valence-electron chi connectivity index (χ0n) is 21.9. The molecule has 0 bridgehead atoms. The van der Waals surface area contributed by atoms with E-state index in [0.717, 1.165) is 59.6 Å². The highest BCUT2D eigenvalue weighted by Gasteiger charge is 2.17. The molecule has 6 heteroatoms. The number of rotatable bonds is 9. The van der Waals surface area contributed by atoms with Crippen LogP contribution in [0.3, 0.4) is 0 Å². The molecule has 1 aliphatic heterocycles. The summed E-state index contributed by atoms with van der Waals surface area (Å²) in [6, 6.07) is 12.1. The monoisotopic (exact) mass is 483 g/mol. The molecule has 2 N–H and O–H groups in total. The summed E-state index contributed by atoms with van der Waals surface area (Å²) in [4.78, 5) is 24.5. The van der Waals surface area contributed by atoms with Crippen molar-refractivity contribution < 1.29 is 0 Å². The van der Waals surface area contributed by atoms with Gasteiger partial charge in [-0.15, -0.1) is 0 Å². The van der Waals surface area contributed by atoms with Crippen molar-refractivity contribution in [1.82, 2.24) is 14.5 Å². The molecule has 188 valence electrons. The Morgan fingerprint density at radius 3 is 2.50 bits per heavy atom. The second-order valence-electron chi connectivity index (χ2n) is 9.98. The standard InChI is InChI=1S/C30H37N5O/c1-6-12-34(13-7-2)21(5)25-14-24-9-8-22(15-27(24)33-29(31)17-25)23-10-11-26-28(16-23)32-19-35(30(26)36)18-20(3)4/h8-11,14-16,19-20H,5-7,12-13,17-18H2,1-4H3,(H2,31,33). The van der Waals surface area contributed by atoms with Gasteiger partial charge >= 0.3 is 0 Å². The van der Waals surface area contributed by atoms with Gasteiger partial charge in [-0.2, -0.15) is 0 Å². The Balaban J connectivity index is 1.69. The van der Waals surface area contributed by atoms with Gasteiger partial charge in [0.15, 0.2) is 0 Å². The van der Waals surface area contributed by atoms with Crippen LogP contribution in [0.2, 0.25) is 0 Å². The van der Waals surface area contributed by atoms with Crippen LogP contribution in [-0.4, -0.2) is 33.4 Å². The van der Waals surface area contributed by atoms with E-state index in [1.807, 2.05) is 18.2 Å². The van der Waals surface area contributed by atoms with Crippen LogP contribution in [0.1, 0.15) is 52.5 Å². The number of hydrogen-bond acceptors (Lipinski definition) is 5. The first-order valence-corrected chi connectivity index (χ1v) is 12.9. The number of nitrogens with zero attached hydrogens (tertiary/aromatic N) is 4. The van der Waals surface area contributed by atoms with Crippen molar-refractivity contribution in [2.75, 3.05) is 13.1 Å². The fourth-order valence-corrected chi connectivity index (χ4v) is 4.74. The predicted octanol–water partition coefficient (Wildman–Crippen LogP) is 6.13. The second kappa shape index (κ2) is 10.9. The Kier molecular flexibility index (Phi) is 7.73. The number of benzene rings is 2. The number of aromatic nitrogens is 2. The Morgan fingerprint density at radius 1 is 1.11 bits per heavy atom. The van der Waals surface area contributed by atoms with Gasteiger partial charge in [-0.1, -0.05) is 52.5 Å². The van der Waals surface area contributed by atoms with E-state index in [0.29, 0.717) is 35.6 Å². The number of aliphatic imine (C=N–C) groups is 1. The Labute approximate surface area is 213 Å². The van der Waals surface area contributed by atoms with Crippen LogP contribution in [0.4, 0.5) is 5.69 Å². The quantitative estimate of drug-likeness (QED) is 0.397. The van der Waals surface area contributed by atoms with E-state index in [2.05, 4.69) is 68.4 Å². The van der Waals surface area contributed by atoms with Crippen molar-refractivity contribution >= 4 is 28.5 Å². The minimum Gasteiger partial charge on any atom is -0.387 e. The number of hydrogen-bond donors (Lipinski definition) is 1. The third-order valence-electron chi connectivity index (χ3n) is 6.46. The average Bonchev–Trinajstić information content (AvgIpc) is 3.02. The molecule has 3 aromatic rings. The van der Waals surface area contributed by atoms with E-state index in [9.17, 15) is 4.79 Å². The molecule has 0 atom stereocenters. The lowest BCUT2D eigenvalue weighted by atomic mass is 9.99. The van der Waals surface area contributed by atoms with Gasteiger partial charge in [0.25, 0.3) is 5.56 Å². The molecular weight excluding hydrogens is 446 g/mol. The van der Waals surface area contributed by atoms with E-state index in [-0.39, 0.29) is 5.56 Å². The maximum Gasteiger partial charge on any atom is 0.261 e. The molecule has 36 heavy (non-hydrogen) atoms. The fraction of sp³-hybridized carbons (Fsp3) is 0.367. The maximum absolute atomic E-state index is 12.9. The van der Waals surface area contributed by atoms with Crippen LogP contribution in [0.5, 0.6) is 0 Å². The number of fused-ring (bicyclic) bond motifs is 2. The highest BCUT2D eigenvalue weighted by Crippen LogP contribution is 2.34. The highest BCUT2D eigenvalue weighted by atomic mass is 16.1. The van der Waals surface area contributed by atoms with Crippen LogP contribution in [-0.2, 0) is 6.54 Å². The van der Waals surface area contributed by atoms with Crippen molar-refractivity contribution in [2.24, 2.45) is 16.6 Å². The van der Waals surface area contributed by atoms with Gasteiger partial charge < -0.3 is 10.6 Å². The Hall–Kier alpha value is -3.67. The molecule has 1 aliphatic rings. The Morgan fingerprint density at radius 2 is 1.81 bits per heavy atom. The first-order chi connectivity index (χ1) is 17.3. The summed E-state index contributed by atoms with van der Waals surface area (Å²) in [6.07, 6.45) is 6.54. The maximum atomic E-state index is 12.9. The van der Waals surface area contributed by atoms with Crippen LogP contribution >= 0.6 is 0 Å². The Bertz CT molecular complexity index is 1390. The molecular formula is C30H37N5O. The van der Waals surface area contributed by atoms with Gasteiger partial charge in [0.2, 0.25) is 0 Å². The molecule has 4 rings (SSSR count). The first-order valence-electron chi connectivity index (χ1n) is 12.9. The molecule has 0 unspecified atom stereocenters. The van der Waals surface area contributed by atoms with E-state index >= 15 is 0 Å². The van der Waals surface area contributed by atoms with Crippen molar-refractivity contribution in [3.63, 3.8) is 0 Å². The number of amidine groups is 1. The lowest BCUT2D eigenvalue weighted by Crippen LogP contribution is -2.26. The third kappa shape index (κ3) is 5.43. The largest absolute Gasteiger partial charge is 0.387 e. The second-order valence-corrected chi connectivity index (χ2v) is 9.98. The topological polar surface area (TPSA) is 76.5 Å². The molecule has 2 heterocycles.